The maximum Gasteiger partial charge on any atom is 0.254 e. The van der Waals surface area contributed by atoms with Gasteiger partial charge in [0.15, 0.2) is 5.65 Å². The largest absolute Gasteiger partial charge is 0.338 e. The molecule has 0 spiro atoms. The van der Waals surface area contributed by atoms with Gasteiger partial charge in [0.25, 0.3) is 5.91 Å². The van der Waals surface area contributed by atoms with Crippen LogP contribution in [0.2, 0.25) is 0 Å². The van der Waals surface area contributed by atoms with Crippen LogP contribution in [0.4, 0.5) is 0 Å². The molecule has 3 heterocycles. The Kier molecular flexibility index (Phi) is 5.72. The van der Waals surface area contributed by atoms with Crippen LogP contribution in [0.15, 0.2) is 54.6 Å². The minimum absolute atomic E-state index is 0.0750. The summed E-state index contributed by atoms with van der Waals surface area (Å²) in [5.74, 6) is 1.07. The van der Waals surface area contributed by atoms with E-state index in [-0.39, 0.29) is 5.91 Å². The molecule has 2 aromatic heterocycles. The van der Waals surface area contributed by atoms with E-state index in [1.54, 1.807) is 0 Å². The molecule has 0 bridgehead atoms. The zero-order chi connectivity index (χ0) is 24.0. The summed E-state index contributed by atoms with van der Waals surface area (Å²) in [4.78, 5) is 21.0. The van der Waals surface area contributed by atoms with Crippen molar-refractivity contribution in [1.82, 2.24) is 19.7 Å². The molecule has 5 heteroatoms. The van der Waals surface area contributed by atoms with Crippen LogP contribution in [0, 0.1) is 32.6 Å². The molecular formula is C29H32N4O. The van der Waals surface area contributed by atoms with Crippen LogP contribution < -0.4 is 0 Å². The highest BCUT2D eigenvalue weighted by Crippen LogP contribution is 2.31. The number of hydrogen-bond donors (Lipinski definition) is 0. The third kappa shape index (κ3) is 4.11. The van der Waals surface area contributed by atoms with Crippen molar-refractivity contribution in [1.29, 1.82) is 0 Å². The Labute approximate surface area is 201 Å². The lowest BCUT2D eigenvalue weighted by Crippen LogP contribution is -2.42. The van der Waals surface area contributed by atoms with Crippen molar-refractivity contribution < 1.29 is 4.79 Å². The Balaban J connectivity index is 1.73. The van der Waals surface area contributed by atoms with E-state index in [4.69, 9.17) is 10.1 Å². The molecule has 2 atom stereocenters. The van der Waals surface area contributed by atoms with E-state index in [1.807, 2.05) is 34.7 Å². The number of carbonyl (C=O) groups is 1. The number of amides is 1. The Hall–Kier alpha value is -3.47. The molecule has 1 saturated heterocycles. The molecule has 5 rings (SSSR count). The van der Waals surface area contributed by atoms with Crippen LogP contribution in [0.5, 0.6) is 0 Å². The van der Waals surface area contributed by atoms with Crippen molar-refractivity contribution in [2.24, 2.45) is 11.8 Å². The van der Waals surface area contributed by atoms with Crippen LogP contribution in [0.25, 0.3) is 28.0 Å². The summed E-state index contributed by atoms with van der Waals surface area (Å²) in [5.41, 5.74) is 7.32. The normalized spacial score (nSPS) is 18.4. The van der Waals surface area contributed by atoms with Crippen LogP contribution in [-0.4, -0.2) is 38.7 Å². The Morgan fingerprint density at radius 2 is 1.62 bits per heavy atom. The molecule has 2 aromatic carbocycles. The highest BCUT2D eigenvalue weighted by molar-refractivity contribution is 6.07. The molecule has 0 aliphatic carbocycles. The molecule has 1 aliphatic rings. The minimum atomic E-state index is 0.0750. The predicted octanol–water partition coefficient (Wildman–Crippen LogP) is 6.13. The number of benzene rings is 2. The molecule has 34 heavy (non-hydrogen) atoms. The van der Waals surface area contributed by atoms with E-state index in [0.29, 0.717) is 17.4 Å². The summed E-state index contributed by atoms with van der Waals surface area (Å²) in [5, 5.41) is 5.69. The van der Waals surface area contributed by atoms with Crippen molar-refractivity contribution >= 4 is 16.9 Å². The van der Waals surface area contributed by atoms with Gasteiger partial charge in [-0.25, -0.2) is 9.67 Å². The number of piperidine rings is 1. The first-order valence-electron chi connectivity index (χ1n) is 12.1. The van der Waals surface area contributed by atoms with Gasteiger partial charge in [0.1, 0.15) is 0 Å². The number of aryl methyl sites for hydroxylation is 3. The van der Waals surface area contributed by atoms with Crippen LogP contribution in [-0.2, 0) is 0 Å². The number of pyridine rings is 1. The van der Waals surface area contributed by atoms with Crippen molar-refractivity contribution in [2.75, 3.05) is 13.1 Å². The lowest BCUT2D eigenvalue weighted by molar-refractivity contribution is 0.0625. The van der Waals surface area contributed by atoms with Crippen molar-refractivity contribution in [3.63, 3.8) is 0 Å². The fourth-order valence-electron chi connectivity index (χ4n) is 5.27. The maximum absolute atomic E-state index is 14.0. The molecule has 1 amide bonds. The lowest BCUT2D eigenvalue weighted by atomic mass is 9.91. The fourth-order valence-corrected chi connectivity index (χ4v) is 5.27. The van der Waals surface area contributed by atoms with Crippen LogP contribution in [0.1, 0.15) is 47.4 Å². The fraction of sp³-hybridized carbons (Fsp3) is 0.345. The average Bonchev–Trinajstić information content (AvgIpc) is 3.14. The summed E-state index contributed by atoms with van der Waals surface area (Å²) in [7, 11) is 0. The summed E-state index contributed by atoms with van der Waals surface area (Å²) >= 11 is 0. The second-order valence-electron chi connectivity index (χ2n) is 10.1. The number of likely N-dealkylation sites (tertiary alicyclic amines) is 1. The number of fused-ring (bicyclic) bond motifs is 1. The Morgan fingerprint density at radius 1 is 0.912 bits per heavy atom. The number of rotatable bonds is 3. The third-order valence-electron chi connectivity index (χ3n) is 6.79. The van der Waals surface area contributed by atoms with E-state index in [9.17, 15) is 4.79 Å². The van der Waals surface area contributed by atoms with Gasteiger partial charge in [-0.3, -0.25) is 4.79 Å². The van der Waals surface area contributed by atoms with E-state index >= 15 is 0 Å². The molecular weight excluding hydrogens is 420 g/mol. The SMILES string of the molecule is Cc1ccc(-c2cc(C(=O)N3C[C@@H](C)C[C@H](C)C3)c3c(C)nn(-c4cccc(C)c4)c3n2)cc1. The monoisotopic (exact) mass is 452 g/mol. The first kappa shape index (κ1) is 22.3. The van der Waals surface area contributed by atoms with Crippen LogP contribution in [0.3, 0.4) is 0 Å². The molecule has 1 fully saturated rings. The van der Waals surface area contributed by atoms with Gasteiger partial charge in [0.05, 0.1) is 28.0 Å². The topological polar surface area (TPSA) is 51.0 Å². The average molecular weight is 453 g/mol. The number of aromatic nitrogens is 3. The zero-order valence-electron chi connectivity index (χ0n) is 20.7. The van der Waals surface area contributed by atoms with Crippen LogP contribution >= 0.6 is 0 Å². The van der Waals surface area contributed by atoms with Gasteiger partial charge in [0, 0.05) is 18.7 Å². The first-order chi connectivity index (χ1) is 16.3. The second kappa shape index (κ2) is 8.71. The maximum atomic E-state index is 14.0. The standard InChI is InChI=1S/C29H32N4O/c1-18-9-11-23(12-10-18)26-15-25(29(34)32-16-20(3)13-21(4)17-32)27-22(5)31-33(28(27)30-26)24-8-6-7-19(2)14-24/h6-12,14-15,20-21H,13,16-17H2,1-5H3/t20-,21-/m0/s1. The predicted molar refractivity (Wildman–Crippen MR) is 137 cm³/mol. The highest BCUT2D eigenvalue weighted by Gasteiger charge is 2.29. The van der Waals surface area contributed by atoms with Gasteiger partial charge in [-0.2, -0.15) is 5.10 Å². The molecule has 174 valence electrons. The molecule has 4 aromatic rings. The van der Waals surface area contributed by atoms with E-state index in [0.717, 1.165) is 58.7 Å². The molecule has 0 unspecified atom stereocenters. The lowest BCUT2D eigenvalue weighted by Gasteiger charge is -2.35. The molecule has 1 aliphatic heterocycles. The quantitative estimate of drug-likeness (QED) is 0.376. The van der Waals surface area contributed by atoms with Gasteiger partial charge < -0.3 is 4.90 Å². The Morgan fingerprint density at radius 3 is 2.29 bits per heavy atom. The summed E-state index contributed by atoms with van der Waals surface area (Å²) < 4.78 is 1.88. The number of nitrogens with zero attached hydrogens (tertiary/aromatic N) is 4. The first-order valence-corrected chi connectivity index (χ1v) is 12.1. The highest BCUT2D eigenvalue weighted by atomic mass is 16.2. The molecule has 0 saturated carbocycles. The van der Waals surface area contributed by atoms with Gasteiger partial charge in [-0.15, -0.1) is 0 Å². The zero-order valence-corrected chi connectivity index (χ0v) is 20.7. The van der Waals surface area contributed by atoms with Gasteiger partial charge >= 0.3 is 0 Å². The van der Waals surface area contributed by atoms with Gasteiger partial charge in [0.2, 0.25) is 0 Å². The van der Waals surface area contributed by atoms with Crippen molar-refractivity contribution in [2.45, 2.75) is 41.0 Å². The minimum Gasteiger partial charge on any atom is -0.338 e. The van der Waals surface area contributed by atoms with E-state index in [2.05, 4.69) is 64.1 Å². The summed E-state index contributed by atoms with van der Waals surface area (Å²) in [6.07, 6.45) is 1.16. The van der Waals surface area contributed by atoms with Gasteiger partial charge in [-0.1, -0.05) is 55.8 Å². The molecule has 5 nitrogen and oxygen atoms in total. The smallest absolute Gasteiger partial charge is 0.254 e. The number of hydrogen-bond acceptors (Lipinski definition) is 3. The summed E-state index contributed by atoms with van der Waals surface area (Å²) in [6.45, 7) is 12.2. The van der Waals surface area contributed by atoms with E-state index in [1.165, 1.54) is 5.56 Å². The van der Waals surface area contributed by atoms with E-state index < -0.39 is 0 Å². The molecule has 0 N–H and O–H groups in total. The molecule has 0 radical (unpaired) electrons. The third-order valence-corrected chi connectivity index (χ3v) is 6.79. The van der Waals surface area contributed by atoms with Gasteiger partial charge in [-0.05, 0) is 62.8 Å². The van der Waals surface area contributed by atoms with Crippen molar-refractivity contribution in [3.8, 4) is 16.9 Å². The van der Waals surface area contributed by atoms with Crippen molar-refractivity contribution in [3.05, 3.63) is 77.0 Å². The Bertz CT molecular complexity index is 1360. The second-order valence-corrected chi connectivity index (χ2v) is 10.1. The number of carbonyl (C=O) groups excluding carboxylic acids is 1. The summed E-state index contributed by atoms with van der Waals surface area (Å²) in [6, 6.07) is 18.5.